The van der Waals surface area contributed by atoms with E-state index in [0.717, 1.165) is 28.7 Å². The molecule has 0 radical (unpaired) electrons. The lowest BCUT2D eigenvalue weighted by Gasteiger charge is -2.17. The number of nitrogens with one attached hydrogen (secondary N) is 1. The number of imidazole rings is 1. The van der Waals surface area contributed by atoms with E-state index in [1.807, 2.05) is 55.5 Å². The van der Waals surface area contributed by atoms with Crippen molar-refractivity contribution >= 4 is 23.5 Å². The summed E-state index contributed by atoms with van der Waals surface area (Å²) in [5.41, 5.74) is 2.95. The number of tetrazole rings is 1. The van der Waals surface area contributed by atoms with Crippen molar-refractivity contribution in [3.63, 3.8) is 0 Å². The number of carbonyl (C=O) groups is 2. The normalized spacial score (nSPS) is 11.4. The predicted octanol–water partition coefficient (Wildman–Crippen LogP) is 5.09. The van der Waals surface area contributed by atoms with E-state index in [-0.39, 0.29) is 10.8 Å². The van der Waals surface area contributed by atoms with Crippen LogP contribution in [0.1, 0.15) is 56.0 Å². The Hall–Kier alpha value is -4.05. The number of aromatic amines is 1. The highest BCUT2D eigenvalue weighted by atomic mass is 35.5. The first-order valence-corrected chi connectivity index (χ1v) is 12.6. The Kier molecular flexibility index (Phi) is 8.21. The number of benzene rings is 2. The summed E-state index contributed by atoms with van der Waals surface area (Å²) in [6.45, 7) is 6.95. The van der Waals surface area contributed by atoms with Gasteiger partial charge in [-0.3, -0.25) is 4.79 Å². The summed E-state index contributed by atoms with van der Waals surface area (Å²) in [4.78, 5) is 29.6. The number of hydrogen-bond donors (Lipinski definition) is 1. The first kappa shape index (κ1) is 27.0. The number of nitrogens with zero attached hydrogens (tertiary/aromatic N) is 5. The van der Waals surface area contributed by atoms with Crippen LogP contribution in [0, 0.1) is 5.41 Å². The van der Waals surface area contributed by atoms with Gasteiger partial charge in [-0.15, -0.1) is 10.2 Å². The van der Waals surface area contributed by atoms with Crippen molar-refractivity contribution in [3.05, 3.63) is 70.8 Å². The first-order chi connectivity index (χ1) is 18.2. The molecule has 4 rings (SSSR count). The average molecular weight is 537 g/mol. The molecule has 2 aromatic carbocycles. The van der Waals surface area contributed by atoms with Gasteiger partial charge in [-0.1, -0.05) is 67.1 Å². The number of esters is 2. The molecule has 2 heterocycles. The van der Waals surface area contributed by atoms with E-state index in [4.69, 9.17) is 21.1 Å². The van der Waals surface area contributed by atoms with Crippen LogP contribution in [0.5, 0.6) is 0 Å². The zero-order valence-corrected chi connectivity index (χ0v) is 22.5. The number of aromatic nitrogens is 6. The van der Waals surface area contributed by atoms with Crippen LogP contribution in [0.3, 0.4) is 0 Å². The van der Waals surface area contributed by atoms with Crippen molar-refractivity contribution in [2.24, 2.45) is 5.41 Å². The molecule has 0 saturated heterocycles. The zero-order chi connectivity index (χ0) is 27.3. The van der Waals surface area contributed by atoms with Crippen LogP contribution in [0.25, 0.3) is 22.5 Å². The van der Waals surface area contributed by atoms with Crippen molar-refractivity contribution in [2.45, 2.75) is 47.1 Å². The van der Waals surface area contributed by atoms with Gasteiger partial charge < -0.3 is 14.0 Å². The quantitative estimate of drug-likeness (QED) is 0.232. The second-order valence-corrected chi connectivity index (χ2v) is 10.0. The molecule has 2 aromatic heterocycles. The van der Waals surface area contributed by atoms with E-state index in [2.05, 4.69) is 25.6 Å². The highest BCUT2D eigenvalue weighted by Gasteiger charge is 2.26. The lowest BCUT2D eigenvalue weighted by Crippen LogP contribution is -2.25. The van der Waals surface area contributed by atoms with Crippen molar-refractivity contribution in [1.29, 1.82) is 0 Å². The number of aryl methyl sites for hydroxylation is 1. The Bertz CT molecular complexity index is 1430. The van der Waals surface area contributed by atoms with E-state index in [9.17, 15) is 9.59 Å². The van der Waals surface area contributed by atoms with Gasteiger partial charge in [0.05, 0.1) is 12.0 Å². The molecule has 0 saturated carbocycles. The summed E-state index contributed by atoms with van der Waals surface area (Å²) >= 11 is 6.44. The zero-order valence-electron chi connectivity index (χ0n) is 21.7. The molecule has 0 amide bonds. The van der Waals surface area contributed by atoms with Gasteiger partial charge in [0.2, 0.25) is 12.6 Å². The smallest absolute Gasteiger partial charge is 0.361 e. The number of carbonyl (C=O) groups excluding carboxylic acids is 2. The standard InChI is InChI=1S/C27H29ClN6O4/c1-5-10-21-29-23(28)22(25(35)37-16-38-26(36)27(2,3)4)34(21)15-17-11-6-7-12-18(17)19-13-8-9-14-20(19)24-30-32-33-31-24/h6-9,11-14H,5,10,15-16H2,1-4H3,(H,30,31,32,33). The minimum Gasteiger partial charge on any atom is -0.427 e. The minimum atomic E-state index is -0.726. The Morgan fingerprint density at radius 1 is 1.00 bits per heavy atom. The van der Waals surface area contributed by atoms with Gasteiger partial charge >= 0.3 is 11.9 Å². The van der Waals surface area contributed by atoms with Crippen LogP contribution < -0.4 is 0 Å². The van der Waals surface area contributed by atoms with E-state index >= 15 is 0 Å². The number of rotatable bonds is 9. The minimum absolute atomic E-state index is 0.0327. The molecule has 11 heteroatoms. The molecule has 0 aliphatic heterocycles. The summed E-state index contributed by atoms with van der Waals surface area (Å²) in [7, 11) is 0. The maximum Gasteiger partial charge on any atom is 0.361 e. The van der Waals surface area contributed by atoms with Crippen LogP contribution in [-0.4, -0.2) is 48.9 Å². The fraction of sp³-hybridized carbons (Fsp3) is 0.333. The monoisotopic (exact) mass is 536 g/mol. The van der Waals surface area contributed by atoms with E-state index in [1.165, 1.54) is 0 Å². The molecule has 0 atom stereocenters. The molecule has 38 heavy (non-hydrogen) atoms. The maximum atomic E-state index is 13.1. The summed E-state index contributed by atoms with van der Waals surface area (Å²) in [5.74, 6) is -0.0822. The molecule has 0 aliphatic carbocycles. The number of halogens is 1. The fourth-order valence-corrected chi connectivity index (χ4v) is 4.22. The second-order valence-electron chi connectivity index (χ2n) is 9.67. The van der Waals surface area contributed by atoms with E-state index in [1.54, 1.807) is 25.3 Å². The van der Waals surface area contributed by atoms with Crippen LogP contribution in [0.2, 0.25) is 5.15 Å². The Balaban J connectivity index is 1.68. The molecule has 0 fully saturated rings. The predicted molar refractivity (Wildman–Crippen MR) is 141 cm³/mol. The summed E-state index contributed by atoms with van der Waals surface area (Å²) in [5, 5.41) is 14.5. The van der Waals surface area contributed by atoms with E-state index in [0.29, 0.717) is 24.6 Å². The fourth-order valence-electron chi connectivity index (χ4n) is 3.95. The van der Waals surface area contributed by atoms with E-state index < -0.39 is 24.1 Å². The molecule has 1 N–H and O–H groups in total. The largest absolute Gasteiger partial charge is 0.427 e. The van der Waals surface area contributed by atoms with Crippen LogP contribution in [-0.2, 0) is 27.2 Å². The third kappa shape index (κ3) is 5.91. The SMILES string of the molecule is CCCc1nc(Cl)c(C(=O)OCOC(=O)C(C)(C)C)n1Cc1ccccc1-c1ccccc1-c1nn[nH]n1. The summed E-state index contributed by atoms with van der Waals surface area (Å²) < 4.78 is 12.1. The van der Waals surface area contributed by atoms with Gasteiger partial charge in [0, 0.05) is 12.0 Å². The van der Waals surface area contributed by atoms with Gasteiger partial charge in [-0.25, -0.2) is 9.78 Å². The molecule has 0 unspecified atom stereocenters. The molecule has 0 spiro atoms. The molecule has 0 aliphatic rings. The van der Waals surface area contributed by atoms with Gasteiger partial charge in [0.25, 0.3) is 0 Å². The lowest BCUT2D eigenvalue weighted by atomic mass is 9.95. The third-order valence-corrected chi connectivity index (χ3v) is 6.08. The average Bonchev–Trinajstić information content (AvgIpc) is 3.52. The van der Waals surface area contributed by atoms with Gasteiger partial charge in [-0.2, -0.15) is 5.21 Å². The maximum absolute atomic E-state index is 13.1. The molecular formula is C27H29ClN6O4. The lowest BCUT2D eigenvalue weighted by molar-refractivity contribution is -0.161. The van der Waals surface area contributed by atoms with Gasteiger partial charge in [0.1, 0.15) is 5.82 Å². The van der Waals surface area contributed by atoms with Crippen molar-refractivity contribution in [3.8, 4) is 22.5 Å². The van der Waals surface area contributed by atoms with Crippen molar-refractivity contribution in [1.82, 2.24) is 30.2 Å². The Morgan fingerprint density at radius 3 is 2.34 bits per heavy atom. The highest BCUT2D eigenvalue weighted by Crippen LogP contribution is 2.33. The topological polar surface area (TPSA) is 125 Å². The molecule has 10 nitrogen and oxygen atoms in total. The number of H-pyrrole nitrogens is 1. The molecular weight excluding hydrogens is 508 g/mol. The molecule has 198 valence electrons. The highest BCUT2D eigenvalue weighted by molar-refractivity contribution is 6.32. The number of ether oxygens (including phenoxy) is 2. The Morgan fingerprint density at radius 2 is 1.68 bits per heavy atom. The number of hydrogen-bond acceptors (Lipinski definition) is 8. The molecule has 4 aromatic rings. The van der Waals surface area contributed by atoms with Crippen molar-refractivity contribution < 1.29 is 19.1 Å². The Labute approximate surface area is 225 Å². The van der Waals surface area contributed by atoms with Crippen LogP contribution in [0.15, 0.2) is 48.5 Å². The second kappa shape index (κ2) is 11.6. The third-order valence-electron chi connectivity index (χ3n) is 5.81. The summed E-state index contributed by atoms with van der Waals surface area (Å²) in [6, 6.07) is 15.6. The summed E-state index contributed by atoms with van der Waals surface area (Å²) in [6.07, 6.45) is 1.40. The van der Waals surface area contributed by atoms with Crippen LogP contribution in [0.4, 0.5) is 0 Å². The van der Waals surface area contributed by atoms with Crippen LogP contribution >= 0.6 is 11.6 Å². The van der Waals surface area contributed by atoms with Gasteiger partial charge in [0.15, 0.2) is 10.8 Å². The van der Waals surface area contributed by atoms with Gasteiger partial charge in [-0.05, 0) is 49.1 Å². The first-order valence-electron chi connectivity index (χ1n) is 12.2. The van der Waals surface area contributed by atoms with Crippen molar-refractivity contribution in [2.75, 3.05) is 6.79 Å². The molecule has 0 bridgehead atoms.